The zero-order valence-electron chi connectivity index (χ0n) is 13.8. The van der Waals surface area contributed by atoms with E-state index in [9.17, 15) is 13.2 Å². The molecule has 0 amide bonds. The molecule has 2 aromatic rings. The second kappa shape index (κ2) is 6.32. The van der Waals surface area contributed by atoms with Crippen molar-refractivity contribution < 1.29 is 13.2 Å². The molecule has 1 aliphatic rings. The first-order chi connectivity index (χ1) is 11.3. The van der Waals surface area contributed by atoms with Gasteiger partial charge in [0.2, 0.25) is 5.16 Å². The molecule has 10 heteroatoms. The van der Waals surface area contributed by atoms with E-state index in [4.69, 9.17) is 0 Å². The monoisotopic (exact) mass is 369 g/mol. The van der Waals surface area contributed by atoms with Crippen LogP contribution < -0.4 is 0 Å². The Kier molecular flexibility index (Phi) is 4.52. The van der Waals surface area contributed by atoms with Crippen LogP contribution >= 0.6 is 11.8 Å². The molecule has 0 aliphatic carbocycles. The van der Waals surface area contributed by atoms with Crippen LogP contribution in [-0.4, -0.2) is 56.2 Å². The Morgan fingerprint density at radius 1 is 1.42 bits per heavy atom. The van der Waals surface area contributed by atoms with Gasteiger partial charge in [0.15, 0.2) is 15.6 Å². The van der Waals surface area contributed by atoms with Crippen molar-refractivity contribution in [1.82, 2.24) is 24.8 Å². The van der Waals surface area contributed by atoms with Crippen molar-refractivity contribution in [3.8, 4) is 0 Å². The van der Waals surface area contributed by atoms with Crippen LogP contribution in [0.5, 0.6) is 0 Å². The SMILES string of the molecule is Cc1cc(C(=O)CSc2nnnn2C)c(C)n1[C@@H]1CCS(=O)(=O)C1. The summed E-state index contributed by atoms with van der Waals surface area (Å²) in [5.41, 5.74) is 2.39. The average Bonchev–Trinajstić information content (AvgIpc) is 3.15. The number of hydrogen-bond acceptors (Lipinski definition) is 7. The molecule has 2 aromatic heterocycles. The predicted octanol–water partition coefficient (Wildman–Crippen LogP) is 0.963. The summed E-state index contributed by atoms with van der Waals surface area (Å²) in [7, 11) is -1.25. The maximum atomic E-state index is 12.5. The van der Waals surface area contributed by atoms with Gasteiger partial charge >= 0.3 is 0 Å². The molecule has 1 aliphatic heterocycles. The minimum absolute atomic E-state index is 0.0109. The fraction of sp³-hybridized carbons (Fsp3) is 0.571. The molecule has 8 nitrogen and oxygen atoms in total. The summed E-state index contributed by atoms with van der Waals surface area (Å²) in [4.78, 5) is 12.5. The Morgan fingerprint density at radius 2 is 2.17 bits per heavy atom. The Morgan fingerprint density at radius 3 is 2.75 bits per heavy atom. The zero-order chi connectivity index (χ0) is 17.5. The number of Topliss-reactive ketones (excluding diaryl/α,β-unsaturated/α-hetero) is 1. The van der Waals surface area contributed by atoms with Gasteiger partial charge < -0.3 is 4.57 Å². The summed E-state index contributed by atoms with van der Waals surface area (Å²) in [6.45, 7) is 3.79. The minimum atomic E-state index is -2.97. The number of thioether (sulfide) groups is 1. The summed E-state index contributed by atoms with van der Waals surface area (Å²) >= 11 is 1.28. The number of sulfone groups is 1. The highest BCUT2D eigenvalue weighted by molar-refractivity contribution is 7.99. The van der Waals surface area contributed by atoms with E-state index in [0.29, 0.717) is 17.1 Å². The van der Waals surface area contributed by atoms with E-state index >= 15 is 0 Å². The Labute approximate surface area is 144 Å². The van der Waals surface area contributed by atoms with Crippen LogP contribution in [0.25, 0.3) is 0 Å². The summed E-state index contributed by atoms with van der Waals surface area (Å²) in [6, 6.07) is 1.77. The molecule has 24 heavy (non-hydrogen) atoms. The molecule has 1 fully saturated rings. The number of aryl methyl sites for hydroxylation is 2. The fourth-order valence-corrected chi connectivity index (χ4v) is 5.58. The summed E-state index contributed by atoms with van der Waals surface area (Å²) < 4.78 is 27.0. The number of nitrogens with zero attached hydrogens (tertiary/aromatic N) is 5. The van der Waals surface area contributed by atoms with Gasteiger partial charge in [-0.1, -0.05) is 11.8 Å². The lowest BCUT2D eigenvalue weighted by Gasteiger charge is -2.16. The molecule has 0 radical (unpaired) electrons. The number of carbonyl (C=O) groups excluding carboxylic acids is 1. The number of hydrogen-bond donors (Lipinski definition) is 0. The van der Waals surface area contributed by atoms with Gasteiger partial charge in [-0.2, -0.15) is 0 Å². The van der Waals surface area contributed by atoms with Crippen molar-refractivity contribution in [2.24, 2.45) is 7.05 Å². The molecule has 0 N–H and O–H groups in total. The quantitative estimate of drug-likeness (QED) is 0.572. The zero-order valence-corrected chi connectivity index (χ0v) is 15.4. The van der Waals surface area contributed by atoms with Crippen LogP contribution in [0, 0.1) is 13.8 Å². The van der Waals surface area contributed by atoms with Crippen LogP contribution in [0.3, 0.4) is 0 Å². The predicted molar refractivity (Wildman–Crippen MR) is 90.1 cm³/mol. The van der Waals surface area contributed by atoms with Crippen molar-refractivity contribution in [2.75, 3.05) is 17.3 Å². The van der Waals surface area contributed by atoms with Crippen molar-refractivity contribution in [3.05, 3.63) is 23.0 Å². The summed E-state index contributed by atoms with van der Waals surface area (Å²) in [6.07, 6.45) is 0.603. The average molecular weight is 369 g/mol. The standard InChI is InChI=1S/C14H19N5O3S2/c1-9-6-12(13(20)7-23-14-15-16-17-18(14)3)10(2)19(9)11-4-5-24(21,22)8-11/h6,11H,4-5,7-8H2,1-3H3/t11-/m1/s1. The van der Waals surface area contributed by atoms with Crippen LogP contribution in [0.15, 0.2) is 11.2 Å². The number of carbonyl (C=O) groups is 1. The van der Waals surface area contributed by atoms with E-state index in [2.05, 4.69) is 15.5 Å². The number of aromatic nitrogens is 5. The third-order valence-corrected chi connectivity index (χ3v) is 7.03. The van der Waals surface area contributed by atoms with Crippen LogP contribution in [0.1, 0.15) is 34.2 Å². The van der Waals surface area contributed by atoms with E-state index in [1.165, 1.54) is 16.4 Å². The van der Waals surface area contributed by atoms with Gasteiger partial charge in [-0.05, 0) is 36.8 Å². The minimum Gasteiger partial charge on any atom is -0.344 e. The lowest BCUT2D eigenvalue weighted by molar-refractivity contribution is 0.102. The molecule has 130 valence electrons. The Balaban J connectivity index is 1.78. The van der Waals surface area contributed by atoms with Gasteiger partial charge in [-0.25, -0.2) is 13.1 Å². The highest BCUT2D eigenvalue weighted by atomic mass is 32.2. The highest BCUT2D eigenvalue weighted by Crippen LogP contribution is 2.29. The van der Waals surface area contributed by atoms with Gasteiger partial charge in [0.1, 0.15) is 0 Å². The molecular formula is C14H19N5O3S2. The molecular weight excluding hydrogens is 350 g/mol. The topological polar surface area (TPSA) is 99.7 Å². The largest absolute Gasteiger partial charge is 0.344 e. The third-order valence-electron chi connectivity index (χ3n) is 4.27. The van der Waals surface area contributed by atoms with E-state index in [1.54, 1.807) is 7.05 Å². The molecule has 0 aromatic carbocycles. The second-order valence-corrected chi connectivity index (χ2v) is 9.18. The number of rotatable bonds is 5. The molecule has 3 rings (SSSR count). The van der Waals surface area contributed by atoms with E-state index in [1.807, 2.05) is 24.5 Å². The fourth-order valence-electron chi connectivity index (χ4n) is 3.15. The first-order valence-corrected chi connectivity index (χ1v) is 10.4. The first kappa shape index (κ1) is 17.2. The maximum Gasteiger partial charge on any atom is 0.209 e. The molecule has 0 bridgehead atoms. The van der Waals surface area contributed by atoms with Crippen molar-refractivity contribution in [1.29, 1.82) is 0 Å². The number of tetrazole rings is 1. The molecule has 3 heterocycles. The highest BCUT2D eigenvalue weighted by Gasteiger charge is 2.31. The first-order valence-electron chi connectivity index (χ1n) is 7.55. The van der Waals surface area contributed by atoms with Gasteiger partial charge in [-0.15, -0.1) is 5.10 Å². The lowest BCUT2D eigenvalue weighted by atomic mass is 10.2. The Hall–Kier alpha value is -1.68. The Bertz CT molecular complexity index is 884. The lowest BCUT2D eigenvalue weighted by Crippen LogP contribution is -2.14. The van der Waals surface area contributed by atoms with Gasteiger partial charge in [-0.3, -0.25) is 4.79 Å². The molecule has 0 saturated carbocycles. The molecule has 0 unspecified atom stereocenters. The molecule has 1 atom stereocenters. The van der Waals surface area contributed by atoms with Crippen LogP contribution in [0.2, 0.25) is 0 Å². The van der Waals surface area contributed by atoms with E-state index in [0.717, 1.165) is 11.4 Å². The molecule has 0 spiro atoms. The third kappa shape index (κ3) is 3.25. The summed E-state index contributed by atoms with van der Waals surface area (Å²) in [5.74, 6) is 0.591. The molecule has 1 saturated heterocycles. The van der Waals surface area contributed by atoms with Gasteiger partial charge in [0.25, 0.3) is 0 Å². The van der Waals surface area contributed by atoms with E-state index in [-0.39, 0.29) is 29.1 Å². The summed E-state index contributed by atoms with van der Waals surface area (Å²) in [5, 5.41) is 11.7. The van der Waals surface area contributed by atoms with Crippen LogP contribution in [-0.2, 0) is 16.9 Å². The van der Waals surface area contributed by atoms with Crippen molar-refractivity contribution in [2.45, 2.75) is 31.5 Å². The normalized spacial score (nSPS) is 19.7. The van der Waals surface area contributed by atoms with Crippen molar-refractivity contribution in [3.63, 3.8) is 0 Å². The number of ketones is 1. The van der Waals surface area contributed by atoms with Crippen molar-refractivity contribution >= 4 is 27.4 Å². The van der Waals surface area contributed by atoms with Gasteiger partial charge in [0.05, 0.1) is 17.3 Å². The maximum absolute atomic E-state index is 12.5. The second-order valence-electron chi connectivity index (χ2n) is 6.01. The van der Waals surface area contributed by atoms with Crippen LogP contribution in [0.4, 0.5) is 0 Å². The van der Waals surface area contributed by atoms with E-state index < -0.39 is 9.84 Å². The van der Waals surface area contributed by atoms with Gasteiger partial charge in [0, 0.05) is 30.0 Å². The smallest absolute Gasteiger partial charge is 0.209 e.